The molecule has 3 aliphatic rings. The van der Waals surface area contributed by atoms with E-state index in [0.29, 0.717) is 12.8 Å². The number of methoxy groups -OCH3 is 1. The number of esters is 1. The SMILES string of the molecule is COC(=O)C[C@@H]1C[C@]2(OC2C)[C@H](O)C(/C=C/C(C)=C/CC2OC(C)C(NC(=O)/C=C\C(C)O)CC2C)O1. The Morgan fingerprint density at radius 1 is 1.22 bits per heavy atom. The van der Waals surface area contributed by atoms with Gasteiger partial charge < -0.3 is 34.5 Å². The molecular weight excluding hydrogens is 478 g/mol. The van der Waals surface area contributed by atoms with E-state index in [9.17, 15) is 19.8 Å². The molecule has 208 valence electrons. The minimum atomic E-state index is -0.814. The first-order valence-electron chi connectivity index (χ1n) is 13.2. The van der Waals surface area contributed by atoms with Crippen LogP contribution in [0.1, 0.15) is 60.3 Å². The van der Waals surface area contributed by atoms with Gasteiger partial charge in [-0.2, -0.15) is 0 Å². The lowest BCUT2D eigenvalue weighted by Gasteiger charge is -2.39. The van der Waals surface area contributed by atoms with Crippen molar-refractivity contribution in [2.24, 2.45) is 5.92 Å². The number of aliphatic hydroxyl groups excluding tert-OH is 2. The topological polar surface area (TPSA) is 127 Å². The second kappa shape index (κ2) is 12.7. The number of rotatable bonds is 9. The van der Waals surface area contributed by atoms with Crippen LogP contribution in [0.25, 0.3) is 0 Å². The molecule has 9 heteroatoms. The number of nitrogens with one attached hydrogen (secondary N) is 1. The van der Waals surface area contributed by atoms with Crippen LogP contribution in [0, 0.1) is 5.92 Å². The van der Waals surface area contributed by atoms with Crippen LogP contribution in [-0.2, 0) is 28.5 Å². The summed E-state index contributed by atoms with van der Waals surface area (Å²) in [6, 6.07) is -0.0930. The monoisotopic (exact) mass is 521 g/mol. The molecule has 3 saturated heterocycles. The van der Waals surface area contributed by atoms with Gasteiger partial charge in [-0.3, -0.25) is 9.59 Å². The summed E-state index contributed by atoms with van der Waals surface area (Å²) in [6.07, 6.45) is 8.08. The van der Waals surface area contributed by atoms with Crippen LogP contribution >= 0.6 is 0 Å². The molecule has 0 aromatic heterocycles. The predicted molar refractivity (Wildman–Crippen MR) is 138 cm³/mol. The zero-order valence-electron chi connectivity index (χ0n) is 22.8. The summed E-state index contributed by atoms with van der Waals surface area (Å²) in [5.41, 5.74) is 0.329. The fraction of sp³-hybridized carbons (Fsp3) is 0.714. The van der Waals surface area contributed by atoms with Crippen molar-refractivity contribution in [2.75, 3.05) is 7.11 Å². The molecule has 0 radical (unpaired) electrons. The van der Waals surface area contributed by atoms with Gasteiger partial charge in [-0.05, 0) is 46.5 Å². The fourth-order valence-electron chi connectivity index (χ4n) is 5.25. The van der Waals surface area contributed by atoms with Crippen molar-refractivity contribution in [3.63, 3.8) is 0 Å². The lowest BCUT2D eigenvalue weighted by atomic mass is 9.84. The molecule has 1 spiro atoms. The molecule has 3 rings (SSSR count). The van der Waals surface area contributed by atoms with Gasteiger partial charge in [0.2, 0.25) is 5.91 Å². The summed E-state index contributed by atoms with van der Waals surface area (Å²) < 4.78 is 22.8. The van der Waals surface area contributed by atoms with Crippen LogP contribution < -0.4 is 5.32 Å². The molecule has 1 amide bonds. The Morgan fingerprint density at radius 2 is 1.92 bits per heavy atom. The first kappa shape index (κ1) is 29.5. The van der Waals surface area contributed by atoms with E-state index < -0.39 is 23.9 Å². The number of hydrogen-bond acceptors (Lipinski definition) is 8. The molecule has 0 aromatic rings. The summed E-state index contributed by atoms with van der Waals surface area (Å²) in [7, 11) is 1.35. The lowest BCUT2D eigenvalue weighted by Crippen LogP contribution is -2.51. The van der Waals surface area contributed by atoms with E-state index in [2.05, 4.69) is 18.3 Å². The van der Waals surface area contributed by atoms with Crippen molar-refractivity contribution < 1.29 is 38.7 Å². The van der Waals surface area contributed by atoms with Crippen molar-refractivity contribution in [1.82, 2.24) is 5.32 Å². The van der Waals surface area contributed by atoms with Gasteiger partial charge in [-0.1, -0.05) is 36.8 Å². The molecule has 3 N–H and O–H groups in total. The van der Waals surface area contributed by atoms with E-state index in [1.54, 1.807) is 6.92 Å². The number of allylic oxidation sites excluding steroid dienone is 2. The number of ether oxygens (including phenoxy) is 4. The number of amides is 1. The number of carbonyl (C=O) groups is 2. The second-order valence-corrected chi connectivity index (χ2v) is 10.7. The number of carbonyl (C=O) groups excluding carboxylic acids is 2. The smallest absolute Gasteiger partial charge is 0.308 e. The Kier molecular flexibility index (Phi) is 10.1. The molecule has 0 bridgehead atoms. The number of aliphatic hydroxyl groups is 2. The molecule has 0 aromatic carbocycles. The van der Waals surface area contributed by atoms with Crippen LogP contribution in [0.5, 0.6) is 0 Å². The summed E-state index contributed by atoms with van der Waals surface area (Å²) in [5, 5.41) is 23.2. The first-order chi connectivity index (χ1) is 17.4. The summed E-state index contributed by atoms with van der Waals surface area (Å²) >= 11 is 0. The third kappa shape index (κ3) is 7.74. The highest BCUT2D eigenvalue weighted by molar-refractivity contribution is 5.87. The standard InChI is InChI=1S/C28H43NO8/c1-16(7-10-23-17(2)13-22(19(4)35-23)29-25(31)12-9-18(3)30)8-11-24-27(33)28(20(5)37-28)15-21(36-24)14-26(32)34-6/h7-9,11-12,17-24,27,30,33H,10,13-15H2,1-6H3,(H,29,31)/b11-8+,12-9-,16-7+/t17?,18?,19?,20?,21-,22?,23?,24?,27-,28-/m1/s1. The van der Waals surface area contributed by atoms with Gasteiger partial charge in [0.25, 0.3) is 0 Å². The van der Waals surface area contributed by atoms with E-state index in [-0.39, 0.29) is 54.7 Å². The quantitative estimate of drug-likeness (QED) is 0.183. The normalized spacial score (nSPS) is 39.2. The summed E-state index contributed by atoms with van der Waals surface area (Å²) in [4.78, 5) is 23.9. The summed E-state index contributed by atoms with van der Waals surface area (Å²) in [6.45, 7) is 9.58. The minimum Gasteiger partial charge on any atom is -0.469 e. The third-order valence-electron chi connectivity index (χ3n) is 7.65. The molecule has 37 heavy (non-hydrogen) atoms. The lowest BCUT2D eigenvalue weighted by molar-refractivity contribution is -0.157. The Balaban J connectivity index is 1.55. The van der Waals surface area contributed by atoms with Gasteiger partial charge in [0.1, 0.15) is 17.8 Å². The van der Waals surface area contributed by atoms with E-state index in [4.69, 9.17) is 18.9 Å². The van der Waals surface area contributed by atoms with Gasteiger partial charge in [-0.15, -0.1) is 0 Å². The van der Waals surface area contributed by atoms with E-state index in [1.165, 1.54) is 19.3 Å². The molecular formula is C28H43NO8. The maximum Gasteiger partial charge on any atom is 0.308 e. The van der Waals surface area contributed by atoms with Gasteiger partial charge >= 0.3 is 5.97 Å². The van der Waals surface area contributed by atoms with E-state index in [1.807, 2.05) is 32.9 Å². The zero-order chi connectivity index (χ0) is 27.3. The van der Waals surface area contributed by atoms with Crippen LogP contribution in [-0.4, -0.2) is 83.6 Å². The fourth-order valence-corrected chi connectivity index (χ4v) is 5.25. The Labute approximate surface area is 219 Å². The molecule has 10 atom stereocenters. The largest absolute Gasteiger partial charge is 0.469 e. The molecule has 9 nitrogen and oxygen atoms in total. The highest BCUT2D eigenvalue weighted by Crippen LogP contribution is 2.49. The van der Waals surface area contributed by atoms with Crippen LogP contribution in [0.15, 0.2) is 36.0 Å². The maximum absolute atomic E-state index is 12.1. The average Bonchev–Trinajstić information content (AvgIpc) is 3.48. The Morgan fingerprint density at radius 3 is 2.54 bits per heavy atom. The maximum atomic E-state index is 12.1. The van der Waals surface area contributed by atoms with E-state index in [0.717, 1.165) is 12.0 Å². The Bertz CT molecular complexity index is 899. The van der Waals surface area contributed by atoms with Crippen molar-refractivity contribution in [3.05, 3.63) is 36.0 Å². The highest BCUT2D eigenvalue weighted by Gasteiger charge is 2.64. The van der Waals surface area contributed by atoms with Crippen LogP contribution in [0.3, 0.4) is 0 Å². The van der Waals surface area contributed by atoms with Crippen molar-refractivity contribution in [2.45, 2.75) is 115 Å². The molecule has 3 heterocycles. The van der Waals surface area contributed by atoms with Gasteiger partial charge in [0.05, 0.1) is 50.1 Å². The summed E-state index contributed by atoms with van der Waals surface area (Å²) in [5.74, 6) is -0.342. The molecule has 0 aliphatic carbocycles. The average molecular weight is 522 g/mol. The number of epoxide rings is 1. The van der Waals surface area contributed by atoms with Gasteiger partial charge in [0.15, 0.2) is 0 Å². The first-order valence-corrected chi connectivity index (χ1v) is 13.2. The second-order valence-electron chi connectivity index (χ2n) is 10.7. The number of hydrogen-bond donors (Lipinski definition) is 3. The van der Waals surface area contributed by atoms with Crippen LogP contribution in [0.4, 0.5) is 0 Å². The third-order valence-corrected chi connectivity index (χ3v) is 7.65. The Hall–Kier alpha value is -2.04. The van der Waals surface area contributed by atoms with Gasteiger partial charge in [0, 0.05) is 12.5 Å². The molecule has 3 aliphatic heterocycles. The molecule has 7 unspecified atom stereocenters. The molecule has 3 fully saturated rings. The minimum absolute atomic E-state index is 0.0180. The predicted octanol–water partition coefficient (Wildman–Crippen LogP) is 2.35. The van der Waals surface area contributed by atoms with Crippen molar-refractivity contribution in [3.8, 4) is 0 Å². The van der Waals surface area contributed by atoms with Crippen LogP contribution in [0.2, 0.25) is 0 Å². The van der Waals surface area contributed by atoms with E-state index >= 15 is 0 Å². The van der Waals surface area contributed by atoms with Crippen molar-refractivity contribution >= 4 is 11.9 Å². The van der Waals surface area contributed by atoms with Gasteiger partial charge in [-0.25, -0.2) is 0 Å². The molecule has 0 saturated carbocycles. The highest BCUT2D eigenvalue weighted by atomic mass is 16.6. The zero-order valence-corrected chi connectivity index (χ0v) is 22.8. The van der Waals surface area contributed by atoms with Crippen molar-refractivity contribution in [1.29, 1.82) is 0 Å².